The number of aliphatic carboxylic acids is 1. The zero-order valence-electron chi connectivity index (χ0n) is 11.5. The van der Waals surface area contributed by atoms with Gasteiger partial charge in [-0.15, -0.1) is 0 Å². The number of hydrogen-bond acceptors (Lipinski definition) is 3. The van der Waals surface area contributed by atoms with Gasteiger partial charge in [-0.25, -0.2) is 9.59 Å². The second-order valence-electron chi connectivity index (χ2n) is 4.47. The maximum atomic E-state index is 13.2. The summed E-state index contributed by atoms with van der Waals surface area (Å²) in [5, 5.41) is 8.15. The van der Waals surface area contributed by atoms with E-state index in [-0.39, 0.29) is 12.2 Å². The molecular formula is C11H9F9O4. The molecule has 1 N–H and O–H groups in total. The molecule has 0 saturated carbocycles. The van der Waals surface area contributed by atoms with Crippen LogP contribution < -0.4 is 0 Å². The van der Waals surface area contributed by atoms with E-state index in [1.54, 1.807) is 0 Å². The average molecular weight is 376 g/mol. The number of carboxylic acids is 1. The van der Waals surface area contributed by atoms with Crippen molar-refractivity contribution in [1.82, 2.24) is 0 Å². The smallest absolute Gasteiger partial charge is 0.460 e. The Labute approximate surface area is 127 Å². The minimum absolute atomic E-state index is 0.194. The maximum Gasteiger partial charge on any atom is 0.460 e. The maximum absolute atomic E-state index is 13.2. The van der Waals surface area contributed by atoms with Crippen molar-refractivity contribution >= 4 is 11.9 Å². The van der Waals surface area contributed by atoms with Gasteiger partial charge in [-0.1, -0.05) is 0 Å². The van der Waals surface area contributed by atoms with Gasteiger partial charge in [0.1, 0.15) is 6.10 Å². The summed E-state index contributed by atoms with van der Waals surface area (Å²) in [7, 11) is 0. The third kappa shape index (κ3) is 4.77. The molecule has 0 fully saturated rings. The van der Waals surface area contributed by atoms with Gasteiger partial charge in [0.2, 0.25) is 0 Å². The van der Waals surface area contributed by atoms with Crippen LogP contribution in [0.15, 0.2) is 12.2 Å². The quantitative estimate of drug-likeness (QED) is 0.420. The van der Waals surface area contributed by atoms with Crippen LogP contribution in [0.1, 0.15) is 13.3 Å². The fourth-order valence-corrected chi connectivity index (χ4v) is 1.32. The molecule has 0 aromatic carbocycles. The fourth-order valence-electron chi connectivity index (χ4n) is 1.32. The molecule has 0 amide bonds. The van der Waals surface area contributed by atoms with Gasteiger partial charge in [-0.3, -0.25) is 0 Å². The number of halogens is 9. The van der Waals surface area contributed by atoms with Gasteiger partial charge in [-0.05, 0) is 6.92 Å². The van der Waals surface area contributed by atoms with E-state index in [0.29, 0.717) is 6.92 Å². The molecular weight excluding hydrogens is 367 g/mol. The zero-order valence-corrected chi connectivity index (χ0v) is 11.5. The predicted octanol–water partition coefficient (Wildman–Crippen LogP) is 3.42. The molecule has 0 heterocycles. The van der Waals surface area contributed by atoms with Crippen molar-refractivity contribution in [3.63, 3.8) is 0 Å². The lowest BCUT2D eigenvalue weighted by atomic mass is 9.99. The van der Waals surface area contributed by atoms with Gasteiger partial charge >= 0.3 is 35.9 Å². The van der Waals surface area contributed by atoms with Crippen molar-refractivity contribution in [1.29, 1.82) is 0 Å². The van der Waals surface area contributed by atoms with Crippen molar-refractivity contribution in [2.24, 2.45) is 0 Å². The van der Waals surface area contributed by atoms with Crippen LogP contribution in [0.3, 0.4) is 0 Å². The molecule has 0 saturated heterocycles. The Morgan fingerprint density at radius 3 is 1.79 bits per heavy atom. The summed E-state index contributed by atoms with van der Waals surface area (Å²) in [5.41, 5.74) is 0. The van der Waals surface area contributed by atoms with E-state index in [1.807, 2.05) is 0 Å². The highest BCUT2D eigenvalue weighted by Gasteiger charge is 2.81. The molecule has 0 aliphatic heterocycles. The molecule has 4 nitrogen and oxygen atoms in total. The first-order valence-corrected chi connectivity index (χ1v) is 5.77. The molecule has 0 aliphatic rings. The Morgan fingerprint density at radius 2 is 1.42 bits per heavy atom. The highest BCUT2D eigenvalue weighted by atomic mass is 19.4. The van der Waals surface area contributed by atoms with Crippen LogP contribution in [0.25, 0.3) is 0 Å². The summed E-state index contributed by atoms with van der Waals surface area (Å²) < 4.78 is 117. The number of alkyl halides is 9. The Balaban J connectivity index is 5.19. The molecule has 24 heavy (non-hydrogen) atoms. The standard InChI is InChI=1S/C11H9F9O4/c1-5(24-7(23)3-2-6(21)22)4-8(12,13)9(14,15)10(16,17)11(18,19)20/h2-3,5H,4H2,1H3,(H,21,22). The normalized spacial score (nSPS) is 15.4. The number of hydrogen-bond donors (Lipinski definition) is 1. The van der Waals surface area contributed by atoms with Crippen LogP contribution in [0.5, 0.6) is 0 Å². The van der Waals surface area contributed by atoms with Gasteiger partial charge in [-0.2, -0.15) is 39.5 Å². The monoisotopic (exact) mass is 376 g/mol. The second-order valence-corrected chi connectivity index (χ2v) is 4.47. The van der Waals surface area contributed by atoms with E-state index in [1.165, 1.54) is 0 Å². The molecule has 0 radical (unpaired) electrons. The summed E-state index contributed by atoms with van der Waals surface area (Å²) in [6.07, 6.45) is -11.1. The molecule has 0 rings (SSSR count). The van der Waals surface area contributed by atoms with Crippen LogP contribution in [0.2, 0.25) is 0 Å². The van der Waals surface area contributed by atoms with E-state index >= 15 is 0 Å². The van der Waals surface area contributed by atoms with Gasteiger partial charge in [0, 0.05) is 12.2 Å². The lowest BCUT2D eigenvalue weighted by Gasteiger charge is -2.34. The van der Waals surface area contributed by atoms with Crippen LogP contribution in [-0.4, -0.2) is 47.1 Å². The van der Waals surface area contributed by atoms with E-state index in [9.17, 15) is 49.1 Å². The minimum Gasteiger partial charge on any atom is -0.478 e. The fraction of sp³-hybridized carbons (Fsp3) is 0.636. The molecule has 140 valence electrons. The largest absolute Gasteiger partial charge is 0.478 e. The first kappa shape index (κ1) is 22.1. The number of carbonyl (C=O) groups excluding carboxylic acids is 1. The SMILES string of the molecule is CC(CC(F)(F)C(F)(F)C(F)(F)C(F)(F)F)OC(=O)C=CC(=O)O. The molecule has 0 bridgehead atoms. The van der Waals surface area contributed by atoms with Crippen molar-refractivity contribution in [3.05, 3.63) is 12.2 Å². The lowest BCUT2D eigenvalue weighted by molar-refractivity contribution is -0.398. The van der Waals surface area contributed by atoms with E-state index in [2.05, 4.69) is 4.74 Å². The van der Waals surface area contributed by atoms with Crippen LogP contribution in [-0.2, 0) is 14.3 Å². The molecule has 0 aliphatic carbocycles. The average Bonchev–Trinajstić information content (AvgIpc) is 2.33. The summed E-state index contributed by atoms with van der Waals surface area (Å²) >= 11 is 0. The van der Waals surface area contributed by atoms with Gasteiger partial charge in [0.15, 0.2) is 0 Å². The highest BCUT2D eigenvalue weighted by molar-refractivity contribution is 5.90. The molecule has 0 aromatic rings. The van der Waals surface area contributed by atoms with Crippen molar-refractivity contribution in [2.75, 3.05) is 0 Å². The Bertz CT molecular complexity index is 510. The molecule has 1 atom stereocenters. The Kier molecular flexibility index (Phi) is 6.33. The van der Waals surface area contributed by atoms with Crippen molar-refractivity contribution < 1.29 is 58.9 Å². The third-order valence-electron chi connectivity index (χ3n) is 2.43. The topological polar surface area (TPSA) is 63.6 Å². The summed E-state index contributed by atoms with van der Waals surface area (Å²) in [6.45, 7) is 0.516. The first-order valence-electron chi connectivity index (χ1n) is 5.77. The van der Waals surface area contributed by atoms with Crippen LogP contribution >= 0.6 is 0 Å². The minimum atomic E-state index is -7.03. The lowest BCUT2D eigenvalue weighted by Crippen LogP contribution is -2.61. The van der Waals surface area contributed by atoms with E-state index < -0.39 is 48.4 Å². The molecule has 0 aromatic heterocycles. The van der Waals surface area contributed by atoms with Crippen LogP contribution in [0.4, 0.5) is 39.5 Å². The van der Waals surface area contributed by atoms with Crippen molar-refractivity contribution in [3.8, 4) is 0 Å². The summed E-state index contributed by atoms with van der Waals surface area (Å²) in [5.74, 6) is -23.0. The molecule has 1 unspecified atom stereocenters. The third-order valence-corrected chi connectivity index (χ3v) is 2.43. The number of esters is 1. The van der Waals surface area contributed by atoms with Gasteiger partial charge < -0.3 is 9.84 Å². The van der Waals surface area contributed by atoms with E-state index in [0.717, 1.165) is 0 Å². The summed E-state index contributed by atoms with van der Waals surface area (Å²) in [4.78, 5) is 21.0. The number of carbonyl (C=O) groups is 2. The summed E-state index contributed by atoms with van der Waals surface area (Å²) in [6, 6.07) is 0. The Hall–Kier alpha value is -1.95. The van der Waals surface area contributed by atoms with Gasteiger partial charge in [0.05, 0.1) is 6.42 Å². The second kappa shape index (κ2) is 6.89. The highest BCUT2D eigenvalue weighted by Crippen LogP contribution is 2.54. The number of ether oxygens (including phenoxy) is 1. The van der Waals surface area contributed by atoms with Gasteiger partial charge in [0.25, 0.3) is 0 Å². The van der Waals surface area contributed by atoms with Crippen molar-refractivity contribution in [2.45, 2.75) is 43.4 Å². The van der Waals surface area contributed by atoms with Crippen LogP contribution in [0, 0.1) is 0 Å². The molecule has 0 spiro atoms. The number of carboxylic acid groups (broad SMARTS) is 1. The van der Waals surface area contributed by atoms with E-state index in [4.69, 9.17) is 5.11 Å². The molecule has 13 heteroatoms. The number of rotatable bonds is 7. The zero-order chi connectivity index (χ0) is 19.6. The Morgan fingerprint density at radius 1 is 0.958 bits per heavy atom. The first-order chi connectivity index (χ1) is 10.5. The predicted molar refractivity (Wildman–Crippen MR) is 57.8 cm³/mol.